The SMILES string of the molecule is c1ccc(C(c2ccccc2)c2ccc(-c3c4ccccc4c(-c4ccc(N(c5ccccc5)c5ccccc5)cc4)c4cc(C5Nc6ccccc6-c6ccccc65)ccc34)cc2)cc1. The number of rotatable bonds is 9. The lowest BCUT2D eigenvalue weighted by atomic mass is 9.81. The van der Waals surface area contributed by atoms with Crippen LogP contribution < -0.4 is 10.2 Å². The second-order valence-electron chi connectivity index (χ2n) is 17.2. The van der Waals surface area contributed by atoms with E-state index >= 15 is 0 Å². The first kappa shape index (κ1) is 39.2. The summed E-state index contributed by atoms with van der Waals surface area (Å²) in [6.45, 7) is 0. The number of benzene rings is 11. The Morgan fingerprint density at radius 3 is 1.38 bits per heavy atom. The molecular formula is C64H46N2. The van der Waals surface area contributed by atoms with Gasteiger partial charge in [-0.1, -0.05) is 212 Å². The zero-order chi connectivity index (χ0) is 43.8. The minimum absolute atomic E-state index is 0.0249. The summed E-state index contributed by atoms with van der Waals surface area (Å²) in [4.78, 5) is 2.33. The molecule has 0 fully saturated rings. The Labute approximate surface area is 386 Å². The van der Waals surface area contributed by atoms with Gasteiger partial charge in [-0.2, -0.15) is 0 Å². The van der Waals surface area contributed by atoms with Crippen molar-refractivity contribution in [2.45, 2.75) is 12.0 Å². The van der Waals surface area contributed by atoms with E-state index in [4.69, 9.17) is 0 Å². The van der Waals surface area contributed by atoms with Gasteiger partial charge in [-0.15, -0.1) is 0 Å². The average molecular weight is 843 g/mol. The normalized spacial score (nSPS) is 13.0. The number of nitrogens with zero attached hydrogens (tertiary/aromatic N) is 1. The number of para-hydroxylation sites is 3. The fourth-order valence-electron chi connectivity index (χ4n) is 10.4. The van der Waals surface area contributed by atoms with Gasteiger partial charge in [0, 0.05) is 34.2 Å². The predicted octanol–water partition coefficient (Wildman–Crippen LogP) is 17.2. The molecular weight excluding hydrogens is 797 g/mol. The molecule has 1 atom stereocenters. The van der Waals surface area contributed by atoms with Crippen molar-refractivity contribution < 1.29 is 0 Å². The summed E-state index contributed by atoms with van der Waals surface area (Å²) in [6, 6.07) is 95.3. The highest BCUT2D eigenvalue weighted by atomic mass is 15.1. The van der Waals surface area contributed by atoms with Gasteiger partial charge in [0.2, 0.25) is 0 Å². The summed E-state index contributed by atoms with van der Waals surface area (Å²) in [6.07, 6.45) is 0. The molecule has 0 aliphatic carbocycles. The first-order valence-electron chi connectivity index (χ1n) is 22.9. The van der Waals surface area contributed by atoms with Crippen LogP contribution in [0.5, 0.6) is 0 Å². The van der Waals surface area contributed by atoms with Gasteiger partial charge in [-0.05, 0) is 126 Å². The zero-order valence-corrected chi connectivity index (χ0v) is 36.4. The van der Waals surface area contributed by atoms with Crippen LogP contribution in [0.3, 0.4) is 0 Å². The van der Waals surface area contributed by atoms with Gasteiger partial charge in [-0.25, -0.2) is 0 Å². The van der Waals surface area contributed by atoms with Crippen molar-refractivity contribution in [1.29, 1.82) is 0 Å². The lowest BCUT2D eigenvalue weighted by Gasteiger charge is -2.30. The molecule has 0 radical (unpaired) electrons. The predicted molar refractivity (Wildman–Crippen MR) is 278 cm³/mol. The van der Waals surface area contributed by atoms with Crippen LogP contribution in [0.1, 0.15) is 39.8 Å². The Morgan fingerprint density at radius 1 is 0.333 bits per heavy atom. The Morgan fingerprint density at radius 2 is 0.773 bits per heavy atom. The van der Waals surface area contributed by atoms with Crippen molar-refractivity contribution in [3.05, 3.63) is 289 Å². The number of anilines is 4. The summed E-state index contributed by atoms with van der Waals surface area (Å²) in [5, 5.41) is 8.88. The standard InChI is InChI=1S/C64H46N2/c1-5-19-44(20-6-1)61(45-21-7-2-8-22-45)46-33-35-47(36-34-46)62-55-29-14-15-30-56(55)63(48-37-40-52(41-38-48)66(50-23-9-3-10-24-50)51-25-11-4-12-26-51)59-43-49(39-42-57(59)62)64-58-31-16-13-27-53(58)54-28-17-18-32-60(54)65-64/h1-43,61,64-65H. The second-order valence-corrected chi connectivity index (χ2v) is 17.2. The van der Waals surface area contributed by atoms with E-state index in [0.717, 1.165) is 22.7 Å². The largest absolute Gasteiger partial charge is 0.374 e. The molecule has 1 heterocycles. The quantitative estimate of drug-likeness (QED) is 0.115. The molecule has 0 saturated carbocycles. The van der Waals surface area contributed by atoms with Crippen molar-refractivity contribution in [2.24, 2.45) is 0 Å². The third-order valence-corrected chi connectivity index (χ3v) is 13.4. The molecule has 1 aliphatic heterocycles. The van der Waals surface area contributed by atoms with E-state index in [0.29, 0.717) is 0 Å². The number of nitrogens with one attached hydrogen (secondary N) is 1. The summed E-state index contributed by atoms with van der Waals surface area (Å²) in [5.41, 5.74) is 18.2. The first-order chi connectivity index (χ1) is 32.8. The van der Waals surface area contributed by atoms with Gasteiger partial charge in [0.15, 0.2) is 0 Å². The van der Waals surface area contributed by atoms with E-state index in [1.807, 2.05) is 0 Å². The van der Waals surface area contributed by atoms with Crippen LogP contribution in [0.25, 0.3) is 54.9 Å². The lowest BCUT2D eigenvalue weighted by molar-refractivity contribution is 0.932. The van der Waals surface area contributed by atoms with Crippen molar-refractivity contribution in [2.75, 3.05) is 10.2 Å². The van der Waals surface area contributed by atoms with Gasteiger partial charge in [0.1, 0.15) is 0 Å². The van der Waals surface area contributed by atoms with Gasteiger partial charge < -0.3 is 10.2 Å². The molecule has 0 amide bonds. The lowest BCUT2D eigenvalue weighted by Crippen LogP contribution is -2.18. The van der Waals surface area contributed by atoms with Crippen LogP contribution >= 0.6 is 0 Å². The highest BCUT2D eigenvalue weighted by Crippen LogP contribution is 2.48. The fourth-order valence-corrected chi connectivity index (χ4v) is 10.4. The van der Waals surface area contributed by atoms with E-state index < -0.39 is 0 Å². The van der Waals surface area contributed by atoms with Crippen molar-refractivity contribution >= 4 is 44.3 Å². The van der Waals surface area contributed by atoms with Gasteiger partial charge in [0.05, 0.1) is 6.04 Å². The fraction of sp³-hybridized carbons (Fsp3) is 0.0312. The minimum Gasteiger partial charge on any atom is -0.374 e. The Bertz CT molecular complexity index is 3400. The Balaban J connectivity index is 1.05. The molecule has 2 nitrogen and oxygen atoms in total. The van der Waals surface area contributed by atoms with E-state index in [9.17, 15) is 0 Å². The molecule has 11 aromatic carbocycles. The molecule has 0 aromatic heterocycles. The Hall–Kier alpha value is -8.46. The highest BCUT2D eigenvalue weighted by molar-refractivity contribution is 6.21. The molecule has 312 valence electrons. The van der Waals surface area contributed by atoms with E-state index in [1.165, 1.54) is 82.7 Å². The summed E-state index contributed by atoms with van der Waals surface area (Å²) in [5.74, 6) is 0.124. The highest BCUT2D eigenvalue weighted by Gasteiger charge is 2.27. The maximum Gasteiger partial charge on any atom is 0.0773 e. The summed E-state index contributed by atoms with van der Waals surface area (Å²) >= 11 is 0. The van der Waals surface area contributed by atoms with Crippen LogP contribution in [0, 0.1) is 0 Å². The maximum atomic E-state index is 3.97. The van der Waals surface area contributed by atoms with Gasteiger partial charge in [0.25, 0.3) is 0 Å². The van der Waals surface area contributed by atoms with E-state index in [1.54, 1.807) is 0 Å². The topological polar surface area (TPSA) is 15.3 Å². The zero-order valence-electron chi connectivity index (χ0n) is 36.4. The third kappa shape index (κ3) is 7.01. The van der Waals surface area contributed by atoms with E-state index in [-0.39, 0.29) is 12.0 Å². The van der Waals surface area contributed by atoms with Crippen LogP contribution in [-0.4, -0.2) is 0 Å². The second kappa shape index (κ2) is 16.9. The van der Waals surface area contributed by atoms with Crippen molar-refractivity contribution in [3.63, 3.8) is 0 Å². The van der Waals surface area contributed by atoms with E-state index in [2.05, 4.69) is 271 Å². The molecule has 2 heteroatoms. The smallest absolute Gasteiger partial charge is 0.0773 e. The average Bonchev–Trinajstić information content (AvgIpc) is 3.39. The number of fused-ring (bicyclic) bond motifs is 5. The molecule has 1 unspecified atom stereocenters. The van der Waals surface area contributed by atoms with Crippen LogP contribution in [0.4, 0.5) is 22.7 Å². The Kier molecular flexibility index (Phi) is 10.0. The molecule has 0 spiro atoms. The van der Waals surface area contributed by atoms with Crippen LogP contribution in [0.15, 0.2) is 261 Å². The molecule has 1 N–H and O–H groups in total. The molecule has 0 bridgehead atoms. The summed E-state index contributed by atoms with van der Waals surface area (Å²) < 4.78 is 0. The number of hydrogen-bond acceptors (Lipinski definition) is 2. The minimum atomic E-state index is -0.0249. The molecule has 12 rings (SSSR count). The van der Waals surface area contributed by atoms with Crippen LogP contribution in [0.2, 0.25) is 0 Å². The van der Waals surface area contributed by atoms with Crippen LogP contribution in [-0.2, 0) is 0 Å². The van der Waals surface area contributed by atoms with Crippen molar-refractivity contribution in [1.82, 2.24) is 0 Å². The molecule has 66 heavy (non-hydrogen) atoms. The molecule has 11 aromatic rings. The molecule has 0 saturated heterocycles. The molecule has 1 aliphatic rings. The van der Waals surface area contributed by atoms with Gasteiger partial charge >= 0.3 is 0 Å². The summed E-state index contributed by atoms with van der Waals surface area (Å²) in [7, 11) is 0. The third-order valence-electron chi connectivity index (χ3n) is 13.4. The van der Waals surface area contributed by atoms with Gasteiger partial charge in [-0.3, -0.25) is 0 Å². The monoisotopic (exact) mass is 842 g/mol. The number of hydrogen-bond donors (Lipinski definition) is 1. The first-order valence-corrected chi connectivity index (χ1v) is 22.9. The maximum absolute atomic E-state index is 3.97. The van der Waals surface area contributed by atoms with Crippen molar-refractivity contribution in [3.8, 4) is 33.4 Å².